The Hall–Kier alpha value is -0.760. The van der Waals surface area contributed by atoms with Crippen LogP contribution in [0.15, 0.2) is 18.5 Å². The highest BCUT2D eigenvalue weighted by atomic mass is 15.0. The van der Waals surface area contributed by atoms with Gasteiger partial charge >= 0.3 is 0 Å². The first-order valence-electron chi connectivity index (χ1n) is 6.12. The summed E-state index contributed by atoms with van der Waals surface area (Å²) in [6, 6.07) is 2.70. The van der Waals surface area contributed by atoms with E-state index in [0.717, 1.165) is 5.92 Å². The first-order chi connectivity index (χ1) is 7.29. The van der Waals surface area contributed by atoms with Crippen LogP contribution in [0.2, 0.25) is 0 Å². The second-order valence-corrected chi connectivity index (χ2v) is 4.80. The first kappa shape index (κ1) is 10.7. The van der Waals surface area contributed by atoms with Gasteiger partial charge in [0.1, 0.15) is 0 Å². The molecule has 1 N–H and O–H groups in total. The molecule has 1 fully saturated rings. The number of rotatable bonds is 4. The van der Waals surface area contributed by atoms with Crippen molar-refractivity contribution >= 4 is 0 Å². The fourth-order valence-electron chi connectivity index (χ4n) is 2.49. The predicted molar refractivity (Wildman–Crippen MR) is 63.9 cm³/mol. The van der Waals surface area contributed by atoms with Crippen molar-refractivity contribution in [2.24, 2.45) is 5.92 Å². The molecule has 1 heterocycles. The van der Waals surface area contributed by atoms with Crippen LogP contribution in [0.5, 0.6) is 0 Å². The van der Waals surface area contributed by atoms with Crippen molar-refractivity contribution in [1.82, 2.24) is 9.88 Å². The van der Waals surface area contributed by atoms with Crippen LogP contribution in [0.3, 0.4) is 0 Å². The summed E-state index contributed by atoms with van der Waals surface area (Å²) < 4.78 is 2.36. The maximum absolute atomic E-state index is 3.27. The molecule has 2 heteroatoms. The van der Waals surface area contributed by atoms with Crippen molar-refractivity contribution in [2.75, 3.05) is 7.05 Å². The second kappa shape index (κ2) is 4.84. The molecule has 0 amide bonds. The Kier molecular flexibility index (Phi) is 3.47. The molecule has 2 rings (SSSR count). The second-order valence-electron chi connectivity index (χ2n) is 4.80. The summed E-state index contributed by atoms with van der Waals surface area (Å²) in [7, 11) is 2.01. The maximum atomic E-state index is 3.27. The van der Waals surface area contributed by atoms with Gasteiger partial charge in [-0.05, 0) is 44.4 Å². The molecule has 15 heavy (non-hydrogen) atoms. The van der Waals surface area contributed by atoms with Gasteiger partial charge in [-0.2, -0.15) is 0 Å². The lowest BCUT2D eigenvalue weighted by Gasteiger charge is -2.10. The fraction of sp³-hybridized carbons (Fsp3) is 0.692. The molecule has 0 aliphatic heterocycles. The lowest BCUT2D eigenvalue weighted by Crippen LogP contribution is -2.11. The summed E-state index contributed by atoms with van der Waals surface area (Å²) in [6.07, 6.45) is 10.2. The third kappa shape index (κ3) is 2.63. The van der Waals surface area contributed by atoms with E-state index in [4.69, 9.17) is 0 Å². The molecule has 0 bridgehead atoms. The summed E-state index contributed by atoms with van der Waals surface area (Å²) in [5, 5.41) is 3.27. The van der Waals surface area contributed by atoms with E-state index in [9.17, 15) is 0 Å². The smallest absolute Gasteiger partial charge is 0.0304 e. The molecule has 0 saturated heterocycles. The summed E-state index contributed by atoms with van der Waals surface area (Å²) in [4.78, 5) is 0. The highest BCUT2D eigenvalue weighted by Crippen LogP contribution is 2.26. The Morgan fingerprint density at radius 3 is 2.87 bits per heavy atom. The number of nitrogens with one attached hydrogen (secondary N) is 1. The van der Waals surface area contributed by atoms with Gasteiger partial charge in [-0.25, -0.2) is 0 Å². The molecule has 0 spiro atoms. The lowest BCUT2D eigenvalue weighted by atomic mass is 10.1. The number of aromatic nitrogens is 1. The molecule has 1 atom stereocenters. The molecule has 1 saturated carbocycles. The monoisotopic (exact) mass is 206 g/mol. The largest absolute Gasteiger partial charge is 0.354 e. The van der Waals surface area contributed by atoms with E-state index < -0.39 is 0 Å². The molecule has 1 aliphatic rings. The van der Waals surface area contributed by atoms with Gasteiger partial charge in [-0.3, -0.25) is 0 Å². The standard InChI is InChI=1S/C13H22N2/c1-11(14-2)13-7-8-15(10-13)9-12-5-3-4-6-12/h7-8,10-12,14H,3-6,9H2,1-2H3. The van der Waals surface area contributed by atoms with Crippen molar-refractivity contribution in [3.05, 3.63) is 24.0 Å². The molecule has 1 aromatic heterocycles. The first-order valence-corrected chi connectivity index (χ1v) is 6.12. The molecule has 1 unspecified atom stereocenters. The van der Waals surface area contributed by atoms with Crippen LogP contribution in [-0.4, -0.2) is 11.6 Å². The summed E-state index contributed by atoms with van der Waals surface area (Å²) in [5.41, 5.74) is 1.40. The van der Waals surface area contributed by atoms with Crippen molar-refractivity contribution in [3.63, 3.8) is 0 Å². The van der Waals surface area contributed by atoms with Gasteiger partial charge < -0.3 is 9.88 Å². The zero-order valence-corrected chi connectivity index (χ0v) is 9.87. The zero-order chi connectivity index (χ0) is 10.7. The molecule has 0 radical (unpaired) electrons. The zero-order valence-electron chi connectivity index (χ0n) is 9.87. The van der Waals surface area contributed by atoms with Crippen LogP contribution < -0.4 is 5.32 Å². The van der Waals surface area contributed by atoms with Crippen LogP contribution in [0.1, 0.15) is 44.2 Å². The van der Waals surface area contributed by atoms with E-state index in [-0.39, 0.29) is 0 Å². The van der Waals surface area contributed by atoms with Gasteiger partial charge in [0.2, 0.25) is 0 Å². The molecule has 84 valence electrons. The highest BCUT2D eigenvalue weighted by molar-refractivity contribution is 5.14. The summed E-state index contributed by atoms with van der Waals surface area (Å²) in [6.45, 7) is 3.42. The lowest BCUT2D eigenvalue weighted by molar-refractivity contribution is 0.457. The topological polar surface area (TPSA) is 17.0 Å². The predicted octanol–water partition coefficient (Wildman–Crippen LogP) is 2.96. The molecule has 0 aromatic carbocycles. The third-order valence-electron chi connectivity index (χ3n) is 3.65. The van der Waals surface area contributed by atoms with Crippen LogP contribution in [0.4, 0.5) is 0 Å². The summed E-state index contributed by atoms with van der Waals surface area (Å²) in [5.74, 6) is 0.926. The Morgan fingerprint density at radius 2 is 2.20 bits per heavy atom. The molecular weight excluding hydrogens is 184 g/mol. The molecule has 2 nitrogen and oxygen atoms in total. The van der Waals surface area contributed by atoms with Gasteiger partial charge in [0, 0.05) is 25.0 Å². The number of hydrogen-bond acceptors (Lipinski definition) is 1. The van der Waals surface area contributed by atoms with Crippen molar-refractivity contribution in [1.29, 1.82) is 0 Å². The minimum atomic E-state index is 0.467. The fourth-order valence-corrected chi connectivity index (χ4v) is 2.49. The van der Waals surface area contributed by atoms with Gasteiger partial charge in [0.05, 0.1) is 0 Å². The Morgan fingerprint density at radius 1 is 1.47 bits per heavy atom. The van der Waals surface area contributed by atoms with Crippen LogP contribution in [-0.2, 0) is 6.54 Å². The summed E-state index contributed by atoms with van der Waals surface area (Å²) >= 11 is 0. The average Bonchev–Trinajstić information content (AvgIpc) is 2.88. The minimum Gasteiger partial charge on any atom is -0.354 e. The van der Waals surface area contributed by atoms with Gasteiger partial charge in [-0.1, -0.05) is 12.8 Å². The van der Waals surface area contributed by atoms with E-state index in [0.29, 0.717) is 6.04 Å². The van der Waals surface area contributed by atoms with Crippen LogP contribution in [0, 0.1) is 5.92 Å². The van der Waals surface area contributed by atoms with Crippen LogP contribution in [0.25, 0.3) is 0 Å². The van der Waals surface area contributed by atoms with Crippen molar-refractivity contribution in [3.8, 4) is 0 Å². The normalized spacial score (nSPS) is 19.6. The van der Waals surface area contributed by atoms with Gasteiger partial charge in [0.25, 0.3) is 0 Å². The third-order valence-corrected chi connectivity index (χ3v) is 3.65. The van der Waals surface area contributed by atoms with Gasteiger partial charge in [0.15, 0.2) is 0 Å². The quantitative estimate of drug-likeness (QED) is 0.801. The Balaban J connectivity index is 1.94. The number of nitrogens with zero attached hydrogens (tertiary/aromatic N) is 1. The van der Waals surface area contributed by atoms with E-state index in [1.54, 1.807) is 0 Å². The number of hydrogen-bond donors (Lipinski definition) is 1. The van der Waals surface area contributed by atoms with E-state index >= 15 is 0 Å². The molecule has 1 aromatic rings. The average molecular weight is 206 g/mol. The Labute approximate surface area is 92.7 Å². The van der Waals surface area contributed by atoms with E-state index in [1.807, 2.05) is 7.05 Å². The maximum Gasteiger partial charge on any atom is 0.0304 e. The molecular formula is C13H22N2. The Bertz CT molecular complexity index is 297. The van der Waals surface area contributed by atoms with Crippen molar-refractivity contribution < 1.29 is 0 Å². The van der Waals surface area contributed by atoms with Crippen molar-refractivity contribution in [2.45, 2.75) is 45.2 Å². The SMILES string of the molecule is CNC(C)c1ccn(CC2CCCC2)c1. The highest BCUT2D eigenvalue weighted by Gasteiger charge is 2.15. The van der Waals surface area contributed by atoms with E-state index in [1.165, 1.54) is 37.8 Å². The molecule has 1 aliphatic carbocycles. The minimum absolute atomic E-state index is 0.467. The van der Waals surface area contributed by atoms with E-state index in [2.05, 4.69) is 35.3 Å². The van der Waals surface area contributed by atoms with Gasteiger partial charge in [-0.15, -0.1) is 0 Å². The van der Waals surface area contributed by atoms with Crippen LogP contribution >= 0.6 is 0 Å².